The number of rotatable bonds is 4. The smallest absolute Gasteiger partial charge is 0.141 e. The molecule has 1 atom stereocenters. The molecule has 0 fully saturated rings. The summed E-state index contributed by atoms with van der Waals surface area (Å²) in [5.74, 6) is 0.303. The molecule has 0 aliphatic carbocycles. The molecule has 16 heavy (non-hydrogen) atoms. The first kappa shape index (κ1) is 13.1. The van der Waals surface area contributed by atoms with Crippen LogP contribution in [0, 0.1) is 17.2 Å². The lowest BCUT2D eigenvalue weighted by Gasteiger charge is -2.27. The first-order valence-electron chi connectivity index (χ1n) is 5.70. The molecule has 0 spiro atoms. The molecule has 0 radical (unpaired) electrons. The Balaban J connectivity index is 2.36. The highest BCUT2D eigenvalue weighted by molar-refractivity contribution is 5.09. The number of halogens is 1. The molecule has 1 unspecified atom stereocenters. The Kier molecular flexibility index (Phi) is 4.42. The van der Waals surface area contributed by atoms with Crippen molar-refractivity contribution < 1.29 is 4.39 Å². The van der Waals surface area contributed by atoms with Crippen molar-refractivity contribution in [3.05, 3.63) is 29.8 Å². The van der Waals surface area contributed by atoms with E-state index in [4.69, 9.17) is 0 Å². The number of hydrogen-bond donors (Lipinski definition) is 1. The van der Waals surface area contributed by atoms with Gasteiger partial charge in [0.15, 0.2) is 0 Å². The molecule has 0 saturated carbocycles. The fourth-order valence-corrected chi connectivity index (χ4v) is 1.29. The van der Waals surface area contributed by atoms with Crippen molar-refractivity contribution in [1.29, 1.82) is 0 Å². The second kappa shape index (κ2) is 5.39. The molecule has 1 aromatic heterocycles. The van der Waals surface area contributed by atoms with Crippen LogP contribution < -0.4 is 5.32 Å². The summed E-state index contributed by atoms with van der Waals surface area (Å²) in [5, 5.41) is 3.33. The lowest BCUT2D eigenvalue weighted by atomic mass is 9.82. The zero-order valence-corrected chi connectivity index (χ0v) is 10.5. The Morgan fingerprint density at radius 1 is 1.38 bits per heavy atom. The molecule has 1 aromatic rings. The van der Waals surface area contributed by atoms with Crippen molar-refractivity contribution >= 4 is 0 Å². The maximum Gasteiger partial charge on any atom is 0.141 e. The van der Waals surface area contributed by atoms with Crippen LogP contribution >= 0.6 is 0 Å². The van der Waals surface area contributed by atoms with E-state index in [1.807, 2.05) is 0 Å². The molecular weight excluding hydrogens is 203 g/mol. The summed E-state index contributed by atoms with van der Waals surface area (Å²) in [6.07, 6.45) is 2.92. The van der Waals surface area contributed by atoms with Crippen LogP contribution in [0.2, 0.25) is 0 Å². The summed E-state index contributed by atoms with van der Waals surface area (Å²) in [6.45, 7) is 10.5. The zero-order chi connectivity index (χ0) is 12.2. The van der Waals surface area contributed by atoms with Crippen molar-refractivity contribution in [2.75, 3.05) is 6.54 Å². The van der Waals surface area contributed by atoms with Crippen molar-refractivity contribution in [1.82, 2.24) is 10.3 Å². The normalized spacial score (nSPS) is 13.8. The van der Waals surface area contributed by atoms with Crippen LogP contribution in [0.25, 0.3) is 0 Å². The Bertz CT molecular complexity index is 331. The molecule has 1 N–H and O–H groups in total. The molecular formula is C13H21FN2. The van der Waals surface area contributed by atoms with Gasteiger partial charge in [0.1, 0.15) is 5.82 Å². The molecule has 0 bridgehead atoms. The lowest BCUT2D eigenvalue weighted by molar-refractivity contribution is 0.252. The van der Waals surface area contributed by atoms with Gasteiger partial charge >= 0.3 is 0 Å². The largest absolute Gasteiger partial charge is 0.312 e. The molecule has 0 amide bonds. The van der Waals surface area contributed by atoms with Gasteiger partial charge in [-0.15, -0.1) is 0 Å². The van der Waals surface area contributed by atoms with Gasteiger partial charge in [0.25, 0.3) is 0 Å². The van der Waals surface area contributed by atoms with Crippen molar-refractivity contribution in [3.8, 4) is 0 Å². The van der Waals surface area contributed by atoms with Gasteiger partial charge in [-0.3, -0.25) is 4.98 Å². The van der Waals surface area contributed by atoms with Gasteiger partial charge in [-0.25, -0.2) is 4.39 Å². The third-order valence-electron chi connectivity index (χ3n) is 3.02. The van der Waals surface area contributed by atoms with E-state index < -0.39 is 0 Å². The van der Waals surface area contributed by atoms with E-state index >= 15 is 0 Å². The van der Waals surface area contributed by atoms with Crippen molar-refractivity contribution in [2.45, 2.75) is 34.2 Å². The topological polar surface area (TPSA) is 24.9 Å². The minimum atomic E-state index is -0.275. The van der Waals surface area contributed by atoms with E-state index in [-0.39, 0.29) is 5.82 Å². The number of hydrogen-bond acceptors (Lipinski definition) is 2. The number of pyridine rings is 1. The summed E-state index contributed by atoms with van der Waals surface area (Å²) in [5.41, 5.74) is 1.19. The summed E-state index contributed by atoms with van der Waals surface area (Å²) < 4.78 is 12.9. The van der Waals surface area contributed by atoms with Crippen LogP contribution in [0.5, 0.6) is 0 Å². The first-order chi connectivity index (χ1) is 7.39. The molecule has 3 heteroatoms. The van der Waals surface area contributed by atoms with Crippen LogP contribution in [-0.2, 0) is 6.54 Å². The lowest BCUT2D eigenvalue weighted by Crippen LogP contribution is -2.29. The fraction of sp³-hybridized carbons (Fsp3) is 0.615. The predicted octanol–water partition coefficient (Wildman–Crippen LogP) is 2.99. The predicted molar refractivity (Wildman–Crippen MR) is 64.5 cm³/mol. The van der Waals surface area contributed by atoms with E-state index in [1.165, 1.54) is 12.3 Å². The Hall–Kier alpha value is -0.960. The number of aromatic nitrogens is 1. The molecule has 0 saturated heterocycles. The van der Waals surface area contributed by atoms with Crippen LogP contribution in [0.1, 0.15) is 33.3 Å². The Morgan fingerprint density at radius 2 is 2.06 bits per heavy atom. The van der Waals surface area contributed by atoms with E-state index in [1.54, 1.807) is 6.20 Å². The van der Waals surface area contributed by atoms with E-state index in [0.717, 1.165) is 12.1 Å². The van der Waals surface area contributed by atoms with Crippen LogP contribution in [0.3, 0.4) is 0 Å². The third kappa shape index (κ3) is 4.27. The molecule has 0 aromatic carbocycles. The van der Waals surface area contributed by atoms with Crippen LogP contribution in [0.15, 0.2) is 18.5 Å². The van der Waals surface area contributed by atoms with Crippen LogP contribution in [0.4, 0.5) is 4.39 Å². The highest BCUT2D eigenvalue weighted by Gasteiger charge is 2.19. The van der Waals surface area contributed by atoms with E-state index in [0.29, 0.717) is 17.9 Å². The van der Waals surface area contributed by atoms with Gasteiger partial charge in [0.05, 0.1) is 6.20 Å². The molecule has 2 nitrogen and oxygen atoms in total. The SMILES string of the molecule is CC(CNCc1cncc(F)c1)C(C)(C)C. The first-order valence-corrected chi connectivity index (χ1v) is 5.70. The maximum atomic E-state index is 12.9. The second-order valence-electron chi connectivity index (χ2n) is 5.41. The molecule has 90 valence electrons. The monoisotopic (exact) mass is 224 g/mol. The number of nitrogens with zero attached hydrogens (tertiary/aromatic N) is 1. The van der Waals surface area contributed by atoms with Gasteiger partial charge in [-0.2, -0.15) is 0 Å². The molecule has 0 aliphatic heterocycles. The van der Waals surface area contributed by atoms with Crippen LogP contribution in [-0.4, -0.2) is 11.5 Å². The van der Waals surface area contributed by atoms with E-state index in [9.17, 15) is 4.39 Å². The van der Waals surface area contributed by atoms with Crippen molar-refractivity contribution in [2.24, 2.45) is 11.3 Å². The van der Waals surface area contributed by atoms with Gasteiger partial charge in [-0.1, -0.05) is 27.7 Å². The highest BCUT2D eigenvalue weighted by atomic mass is 19.1. The summed E-state index contributed by atoms with van der Waals surface area (Å²) in [7, 11) is 0. The zero-order valence-electron chi connectivity index (χ0n) is 10.5. The Morgan fingerprint density at radius 3 is 2.62 bits per heavy atom. The third-order valence-corrected chi connectivity index (χ3v) is 3.02. The maximum absolute atomic E-state index is 12.9. The van der Waals surface area contributed by atoms with Gasteiger partial charge in [0, 0.05) is 12.7 Å². The summed E-state index contributed by atoms with van der Waals surface area (Å²) >= 11 is 0. The Labute approximate surface area is 97.3 Å². The fourth-order valence-electron chi connectivity index (χ4n) is 1.29. The second-order valence-corrected chi connectivity index (χ2v) is 5.41. The van der Waals surface area contributed by atoms with Gasteiger partial charge < -0.3 is 5.32 Å². The number of nitrogens with one attached hydrogen (secondary N) is 1. The summed E-state index contributed by atoms with van der Waals surface area (Å²) in [6, 6.07) is 1.52. The van der Waals surface area contributed by atoms with E-state index in [2.05, 4.69) is 38.0 Å². The van der Waals surface area contributed by atoms with Gasteiger partial charge in [-0.05, 0) is 29.5 Å². The average molecular weight is 224 g/mol. The highest BCUT2D eigenvalue weighted by Crippen LogP contribution is 2.24. The standard InChI is InChI=1S/C13H21FN2/c1-10(13(2,3)4)6-15-7-11-5-12(14)9-16-8-11/h5,8-10,15H,6-7H2,1-4H3. The average Bonchev–Trinajstić information content (AvgIpc) is 2.16. The van der Waals surface area contributed by atoms with Crippen molar-refractivity contribution in [3.63, 3.8) is 0 Å². The molecule has 1 rings (SSSR count). The summed E-state index contributed by atoms with van der Waals surface area (Å²) in [4.78, 5) is 3.82. The minimum absolute atomic E-state index is 0.275. The minimum Gasteiger partial charge on any atom is -0.312 e. The molecule has 1 heterocycles. The quantitative estimate of drug-likeness (QED) is 0.850. The molecule has 0 aliphatic rings. The van der Waals surface area contributed by atoms with Gasteiger partial charge in [0.2, 0.25) is 0 Å².